The van der Waals surface area contributed by atoms with Crippen LogP contribution in [0, 0.1) is 6.92 Å². The van der Waals surface area contributed by atoms with E-state index in [1.807, 2.05) is 6.92 Å². The number of carbonyl (C=O) groups excluding carboxylic acids is 2. The monoisotopic (exact) mass is 487 g/mol. The number of benzene rings is 3. The molecule has 0 bridgehead atoms. The van der Waals surface area contributed by atoms with Gasteiger partial charge in [-0.1, -0.05) is 41.4 Å². The number of nitrogens with zero attached hydrogens (tertiary/aromatic N) is 1. The standard InChI is InChI=1S/C23H22ClN3O5S/c1-15-7-10-17(11-8-15)33(30,31)27(20-13-16(24)9-12-21(20)32-2)14-22(28)26-19-6-4-3-5-18(19)23(25)29/h3-13H,14H2,1-2H3,(H2,25,29)(H,26,28). The molecular formula is C23H22ClN3O5S. The topological polar surface area (TPSA) is 119 Å². The molecule has 0 unspecified atom stereocenters. The average Bonchev–Trinajstić information content (AvgIpc) is 2.78. The number of ether oxygens (including phenoxy) is 1. The molecule has 8 nitrogen and oxygen atoms in total. The maximum atomic E-state index is 13.6. The smallest absolute Gasteiger partial charge is 0.264 e. The Hall–Kier alpha value is -3.56. The van der Waals surface area contributed by atoms with Gasteiger partial charge in [0, 0.05) is 5.02 Å². The van der Waals surface area contributed by atoms with E-state index in [9.17, 15) is 18.0 Å². The lowest BCUT2D eigenvalue weighted by atomic mass is 10.1. The summed E-state index contributed by atoms with van der Waals surface area (Å²) in [6.45, 7) is 1.22. The van der Waals surface area contributed by atoms with Gasteiger partial charge in [0.25, 0.3) is 15.9 Å². The number of nitrogens with two attached hydrogens (primary N) is 1. The van der Waals surface area contributed by atoms with Gasteiger partial charge in [0.05, 0.1) is 28.9 Å². The van der Waals surface area contributed by atoms with Crippen LogP contribution >= 0.6 is 11.6 Å². The second kappa shape index (κ2) is 9.93. The number of nitrogens with one attached hydrogen (secondary N) is 1. The van der Waals surface area contributed by atoms with E-state index in [1.165, 1.54) is 43.5 Å². The van der Waals surface area contributed by atoms with Gasteiger partial charge in [0.1, 0.15) is 12.3 Å². The number of amides is 2. The van der Waals surface area contributed by atoms with E-state index in [-0.39, 0.29) is 32.6 Å². The molecule has 0 fully saturated rings. The number of methoxy groups -OCH3 is 1. The van der Waals surface area contributed by atoms with Gasteiger partial charge in [0.2, 0.25) is 5.91 Å². The molecule has 10 heteroatoms. The highest BCUT2D eigenvalue weighted by Gasteiger charge is 2.30. The van der Waals surface area contributed by atoms with E-state index in [2.05, 4.69) is 5.32 Å². The van der Waals surface area contributed by atoms with Crippen molar-refractivity contribution >= 4 is 44.8 Å². The van der Waals surface area contributed by atoms with Gasteiger partial charge in [-0.05, 0) is 49.4 Å². The molecule has 0 saturated heterocycles. The maximum absolute atomic E-state index is 13.6. The number of para-hydroxylation sites is 1. The molecule has 172 valence electrons. The second-order valence-electron chi connectivity index (χ2n) is 7.10. The highest BCUT2D eigenvalue weighted by atomic mass is 35.5. The third-order valence-corrected chi connectivity index (χ3v) is 6.78. The van der Waals surface area contributed by atoms with Crippen LogP contribution in [0.15, 0.2) is 71.6 Å². The highest BCUT2D eigenvalue weighted by molar-refractivity contribution is 7.92. The fourth-order valence-electron chi connectivity index (χ4n) is 3.12. The first-order valence-corrected chi connectivity index (χ1v) is 11.6. The number of halogens is 1. The maximum Gasteiger partial charge on any atom is 0.264 e. The number of hydrogen-bond acceptors (Lipinski definition) is 5. The Morgan fingerprint density at radius 1 is 1.06 bits per heavy atom. The minimum atomic E-state index is -4.19. The molecule has 33 heavy (non-hydrogen) atoms. The van der Waals surface area contributed by atoms with Crippen molar-refractivity contribution in [1.29, 1.82) is 0 Å². The molecular weight excluding hydrogens is 466 g/mol. The van der Waals surface area contributed by atoms with Crippen LogP contribution in [0.2, 0.25) is 5.02 Å². The van der Waals surface area contributed by atoms with Crippen molar-refractivity contribution in [2.24, 2.45) is 5.73 Å². The molecule has 0 saturated carbocycles. The first-order chi connectivity index (χ1) is 15.6. The summed E-state index contributed by atoms with van der Waals surface area (Å²) in [7, 11) is -2.81. The molecule has 2 amide bonds. The molecule has 3 N–H and O–H groups in total. The number of carbonyl (C=O) groups is 2. The highest BCUT2D eigenvalue weighted by Crippen LogP contribution is 2.35. The van der Waals surface area contributed by atoms with E-state index in [0.717, 1.165) is 9.87 Å². The zero-order valence-electron chi connectivity index (χ0n) is 17.9. The molecule has 0 radical (unpaired) electrons. The number of primary amides is 1. The molecule has 0 heterocycles. The number of sulfonamides is 1. The van der Waals surface area contributed by atoms with E-state index in [1.54, 1.807) is 30.3 Å². The summed E-state index contributed by atoms with van der Waals surface area (Å²) in [5, 5.41) is 2.82. The molecule has 0 aliphatic rings. The molecule has 0 aromatic heterocycles. The van der Waals surface area contributed by atoms with Crippen molar-refractivity contribution in [2.45, 2.75) is 11.8 Å². The lowest BCUT2D eigenvalue weighted by molar-refractivity contribution is -0.114. The van der Waals surface area contributed by atoms with Crippen molar-refractivity contribution in [3.05, 3.63) is 82.9 Å². The van der Waals surface area contributed by atoms with Gasteiger partial charge >= 0.3 is 0 Å². The van der Waals surface area contributed by atoms with Crippen molar-refractivity contribution in [3.8, 4) is 5.75 Å². The van der Waals surface area contributed by atoms with Crippen LogP contribution in [0.3, 0.4) is 0 Å². The van der Waals surface area contributed by atoms with Crippen LogP contribution < -0.4 is 20.1 Å². The van der Waals surface area contributed by atoms with Gasteiger partial charge in [0.15, 0.2) is 0 Å². The molecule has 0 atom stereocenters. The van der Waals surface area contributed by atoms with E-state index < -0.39 is 28.4 Å². The van der Waals surface area contributed by atoms with Gasteiger partial charge in [-0.25, -0.2) is 8.42 Å². The van der Waals surface area contributed by atoms with E-state index >= 15 is 0 Å². The van der Waals surface area contributed by atoms with Gasteiger partial charge in [-0.3, -0.25) is 13.9 Å². The van der Waals surface area contributed by atoms with Crippen molar-refractivity contribution in [1.82, 2.24) is 0 Å². The Kier molecular flexibility index (Phi) is 7.25. The fraction of sp³-hybridized carbons (Fsp3) is 0.130. The Balaban J connectivity index is 2.05. The molecule has 3 rings (SSSR count). The first-order valence-electron chi connectivity index (χ1n) is 9.75. The van der Waals surface area contributed by atoms with Crippen molar-refractivity contribution in [2.75, 3.05) is 23.3 Å². The Bertz CT molecular complexity index is 1290. The zero-order chi connectivity index (χ0) is 24.2. The van der Waals surface area contributed by atoms with Crippen LogP contribution in [0.5, 0.6) is 5.75 Å². The first kappa shape index (κ1) is 24.1. The number of rotatable bonds is 8. The number of hydrogen-bond donors (Lipinski definition) is 2. The zero-order valence-corrected chi connectivity index (χ0v) is 19.5. The van der Waals surface area contributed by atoms with E-state index in [0.29, 0.717) is 0 Å². The van der Waals surface area contributed by atoms with Crippen LogP contribution in [0.25, 0.3) is 0 Å². The van der Waals surface area contributed by atoms with Gasteiger partial charge < -0.3 is 15.8 Å². The van der Waals surface area contributed by atoms with Crippen molar-refractivity contribution < 1.29 is 22.7 Å². The third kappa shape index (κ3) is 5.44. The predicted molar refractivity (Wildman–Crippen MR) is 127 cm³/mol. The third-order valence-electron chi connectivity index (χ3n) is 4.77. The summed E-state index contributed by atoms with van der Waals surface area (Å²) < 4.78 is 33.4. The Morgan fingerprint density at radius 2 is 1.73 bits per heavy atom. The quantitative estimate of drug-likeness (QED) is 0.503. The summed E-state index contributed by atoms with van der Waals surface area (Å²) in [4.78, 5) is 24.6. The van der Waals surface area contributed by atoms with E-state index in [4.69, 9.17) is 22.1 Å². The minimum Gasteiger partial charge on any atom is -0.495 e. The average molecular weight is 488 g/mol. The summed E-state index contributed by atoms with van der Waals surface area (Å²) in [5.74, 6) is -1.21. The van der Waals surface area contributed by atoms with Gasteiger partial charge in [-0.2, -0.15) is 0 Å². The predicted octanol–water partition coefficient (Wildman–Crippen LogP) is 3.59. The Morgan fingerprint density at radius 3 is 2.36 bits per heavy atom. The van der Waals surface area contributed by atoms with Crippen LogP contribution in [0.4, 0.5) is 11.4 Å². The lowest BCUT2D eigenvalue weighted by Crippen LogP contribution is -2.38. The van der Waals surface area contributed by atoms with Crippen molar-refractivity contribution in [3.63, 3.8) is 0 Å². The number of aryl methyl sites for hydroxylation is 1. The minimum absolute atomic E-state index is 0.0135. The molecule has 3 aromatic carbocycles. The molecule has 3 aromatic rings. The van der Waals surface area contributed by atoms with Crippen LogP contribution in [-0.2, 0) is 14.8 Å². The van der Waals surface area contributed by atoms with Crippen LogP contribution in [0.1, 0.15) is 15.9 Å². The summed E-state index contributed by atoms with van der Waals surface area (Å²) in [6, 6.07) is 16.8. The Labute approximate surface area is 197 Å². The van der Waals surface area contributed by atoms with Gasteiger partial charge in [-0.15, -0.1) is 0 Å². The number of anilines is 2. The normalized spacial score (nSPS) is 11.0. The molecule has 0 spiro atoms. The molecule has 0 aliphatic heterocycles. The van der Waals surface area contributed by atoms with Crippen LogP contribution in [-0.4, -0.2) is 33.9 Å². The largest absolute Gasteiger partial charge is 0.495 e. The summed E-state index contributed by atoms with van der Waals surface area (Å²) in [5.41, 5.74) is 6.59. The fourth-order valence-corrected chi connectivity index (χ4v) is 4.71. The lowest BCUT2D eigenvalue weighted by Gasteiger charge is -2.26. The summed E-state index contributed by atoms with van der Waals surface area (Å²) in [6.07, 6.45) is 0. The second-order valence-corrected chi connectivity index (χ2v) is 9.40. The molecule has 0 aliphatic carbocycles. The summed E-state index contributed by atoms with van der Waals surface area (Å²) >= 11 is 6.13. The SMILES string of the molecule is COc1ccc(Cl)cc1N(CC(=O)Nc1ccccc1C(N)=O)S(=O)(=O)c1ccc(C)cc1.